The van der Waals surface area contributed by atoms with Crippen molar-refractivity contribution in [1.82, 2.24) is 4.98 Å². The van der Waals surface area contributed by atoms with Crippen LogP contribution in [0.4, 0.5) is 0 Å². The summed E-state index contributed by atoms with van der Waals surface area (Å²) in [5.74, 6) is 1.79. The minimum absolute atomic E-state index is 0.0437. The Bertz CT molecular complexity index is 683. The lowest BCUT2D eigenvalue weighted by atomic mass is 9.88. The Labute approximate surface area is 155 Å². The average molecular weight is 359 g/mol. The van der Waals surface area contributed by atoms with Gasteiger partial charge in [-0.3, -0.25) is 0 Å². The van der Waals surface area contributed by atoms with E-state index in [1.165, 1.54) is 0 Å². The van der Waals surface area contributed by atoms with Crippen molar-refractivity contribution in [3.63, 3.8) is 0 Å². The molecule has 2 aliphatic rings. The zero-order valence-corrected chi connectivity index (χ0v) is 16.8. The summed E-state index contributed by atoms with van der Waals surface area (Å²) in [4.78, 5) is 14.1. The Morgan fingerprint density at radius 3 is 1.58 bits per heavy atom. The van der Waals surface area contributed by atoms with E-state index >= 15 is 0 Å². The molecule has 0 saturated carbocycles. The molecule has 3 heterocycles. The zero-order chi connectivity index (χ0) is 19.1. The Morgan fingerprint density at radius 1 is 0.846 bits per heavy atom. The number of aromatic nitrogens is 1. The van der Waals surface area contributed by atoms with Crippen molar-refractivity contribution in [2.45, 2.75) is 53.6 Å². The molecule has 6 nitrogen and oxygen atoms in total. The third-order valence-corrected chi connectivity index (χ3v) is 4.77. The highest BCUT2D eigenvalue weighted by Crippen LogP contribution is 2.30. The summed E-state index contributed by atoms with van der Waals surface area (Å²) in [6, 6.07) is 3.90. The van der Waals surface area contributed by atoms with Gasteiger partial charge in [0, 0.05) is 12.1 Å². The van der Waals surface area contributed by atoms with Crippen LogP contribution in [0, 0.1) is 10.8 Å². The van der Waals surface area contributed by atoms with Crippen molar-refractivity contribution in [2.24, 2.45) is 20.8 Å². The maximum absolute atomic E-state index is 5.82. The number of pyridine rings is 1. The van der Waals surface area contributed by atoms with Gasteiger partial charge in [-0.25, -0.2) is 15.0 Å². The van der Waals surface area contributed by atoms with Crippen LogP contribution in [0.3, 0.4) is 0 Å². The van der Waals surface area contributed by atoms with Crippen molar-refractivity contribution in [3.8, 4) is 5.75 Å². The van der Waals surface area contributed by atoms with Crippen LogP contribution in [0.1, 0.15) is 52.9 Å². The Balaban J connectivity index is 1.94. The molecule has 0 saturated heterocycles. The molecule has 0 N–H and O–H groups in total. The standard InChI is InChI=1S/C20H29N3O3/c1-19(2,3)15-10-25-17(22-15)13-8-12(24-7)9-14(21-13)18-23-16(11-26-18)20(4,5)6/h8-9,15-16H,10-11H2,1-7H3/t15-,16-/m0/s1. The molecular formula is C20H29N3O3. The lowest BCUT2D eigenvalue weighted by molar-refractivity contribution is 0.235. The van der Waals surface area contributed by atoms with Crippen LogP contribution < -0.4 is 4.74 Å². The van der Waals surface area contributed by atoms with Crippen molar-refractivity contribution in [3.05, 3.63) is 23.5 Å². The van der Waals surface area contributed by atoms with Gasteiger partial charge in [-0.2, -0.15) is 0 Å². The minimum atomic E-state index is 0.0437. The normalized spacial score (nSPS) is 23.2. The molecule has 0 amide bonds. The van der Waals surface area contributed by atoms with E-state index in [-0.39, 0.29) is 22.9 Å². The van der Waals surface area contributed by atoms with E-state index in [0.29, 0.717) is 42.1 Å². The Kier molecular flexibility index (Phi) is 4.71. The first kappa shape index (κ1) is 18.7. The molecule has 0 bridgehead atoms. The molecule has 1 aromatic rings. The van der Waals surface area contributed by atoms with Crippen LogP contribution in [0.15, 0.2) is 22.1 Å². The van der Waals surface area contributed by atoms with Crippen molar-refractivity contribution >= 4 is 11.8 Å². The van der Waals surface area contributed by atoms with Gasteiger partial charge in [-0.05, 0) is 10.8 Å². The highest BCUT2D eigenvalue weighted by molar-refractivity contribution is 5.98. The number of aliphatic imine (C=N–C) groups is 2. The maximum Gasteiger partial charge on any atom is 0.235 e. The molecule has 0 aromatic carbocycles. The SMILES string of the molecule is COc1cc(C2=N[C@H](C(C)(C)C)CO2)nc(C2=N[C@H](C(C)(C)C)CO2)c1. The topological polar surface area (TPSA) is 65.3 Å². The van der Waals surface area contributed by atoms with Crippen molar-refractivity contribution in [1.29, 1.82) is 0 Å². The van der Waals surface area contributed by atoms with Gasteiger partial charge in [0.25, 0.3) is 0 Å². The number of methoxy groups -OCH3 is 1. The number of hydrogen-bond donors (Lipinski definition) is 0. The number of rotatable bonds is 3. The maximum atomic E-state index is 5.82. The van der Waals surface area contributed by atoms with Gasteiger partial charge in [0.2, 0.25) is 11.8 Å². The van der Waals surface area contributed by atoms with Gasteiger partial charge in [-0.15, -0.1) is 0 Å². The smallest absolute Gasteiger partial charge is 0.235 e. The number of hydrogen-bond acceptors (Lipinski definition) is 6. The highest BCUT2D eigenvalue weighted by Gasteiger charge is 2.33. The molecule has 0 spiro atoms. The third-order valence-electron chi connectivity index (χ3n) is 4.77. The molecule has 0 aliphatic carbocycles. The van der Waals surface area contributed by atoms with Gasteiger partial charge in [0.1, 0.15) is 30.4 Å². The molecule has 6 heteroatoms. The molecular weight excluding hydrogens is 330 g/mol. The molecule has 2 aliphatic heterocycles. The molecule has 1 aromatic heterocycles. The van der Waals surface area contributed by atoms with Crippen LogP contribution in [-0.4, -0.2) is 49.2 Å². The Morgan fingerprint density at radius 2 is 1.27 bits per heavy atom. The first-order valence-corrected chi connectivity index (χ1v) is 9.06. The van der Waals surface area contributed by atoms with E-state index in [1.54, 1.807) is 7.11 Å². The van der Waals surface area contributed by atoms with Crippen LogP contribution in [-0.2, 0) is 9.47 Å². The van der Waals surface area contributed by atoms with Crippen molar-refractivity contribution < 1.29 is 14.2 Å². The molecule has 26 heavy (non-hydrogen) atoms. The first-order valence-electron chi connectivity index (χ1n) is 9.06. The molecule has 0 radical (unpaired) electrons. The summed E-state index contributed by atoms with van der Waals surface area (Å²) in [6.07, 6.45) is 0. The van der Waals surface area contributed by atoms with E-state index in [2.05, 4.69) is 46.5 Å². The van der Waals surface area contributed by atoms with Gasteiger partial charge >= 0.3 is 0 Å². The monoisotopic (exact) mass is 359 g/mol. The largest absolute Gasteiger partial charge is 0.497 e. The predicted molar refractivity (Wildman–Crippen MR) is 102 cm³/mol. The fourth-order valence-electron chi connectivity index (χ4n) is 2.76. The van der Waals surface area contributed by atoms with Crippen molar-refractivity contribution in [2.75, 3.05) is 20.3 Å². The van der Waals surface area contributed by atoms with Gasteiger partial charge in [-0.1, -0.05) is 41.5 Å². The molecule has 0 fully saturated rings. The first-order chi connectivity index (χ1) is 12.1. The molecule has 2 atom stereocenters. The van der Waals surface area contributed by atoms with E-state index < -0.39 is 0 Å². The second-order valence-electron chi connectivity index (χ2n) is 9.03. The summed E-state index contributed by atoms with van der Waals surface area (Å²) in [5, 5.41) is 0. The third kappa shape index (κ3) is 3.84. The minimum Gasteiger partial charge on any atom is -0.497 e. The van der Waals surface area contributed by atoms with E-state index in [0.717, 1.165) is 0 Å². The lowest BCUT2D eigenvalue weighted by Gasteiger charge is -2.21. The van der Waals surface area contributed by atoms with E-state index in [1.807, 2.05) is 12.1 Å². The zero-order valence-electron chi connectivity index (χ0n) is 16.8. The van der Waals surface area contributed by atoms with Crippen LogP contribution in [0.2, 0.25) is 0 Å². The predicted octanol–water partition coefficient (Wildman–Crippen LogP) is 3.47. The van der Waals surface area contributed by atoms with Gasteiger partial charge in [0.05, 0.1) is 19.2 Å². The highest BCUT2D eigenvalue weighted by atomic mass is 16.5. The average Bonchev–Trinajstić information content (AvgIpc) is 3.22. The Hall–Kier alpha value is -2.11. The van der Waals surface area contributed by atoms with Gasteiger partial charge in [0.15, 0.2) is 0 Å². The van der Waals surface area contributed by atoms with Crippen LogP contribution >= 0.6 is 0 Å². The summed E-state index contributed by atoms with van der Waals surface area (Å²) in [6.45, 7) is 14.1. The summed E-state index contributed by atoms with van der Waals surface area (Å²) in [7, 11) is 1.63. The summed E-state index contributed by atoms with van der Waals surface area (Å²) in [5.41, 5.74) is 1.39. The number of ether oxygens (including phenoxy) is 3. The van der Waals surface area contributed by atoms with Gasteiger partial charge < -0.3 is 14.2 Å². The second-order valence-corrected chi connectivity index (χ2v) is 9.03. The quantitative estimate of drug-likeness (QED) is 0.829. The molecule has 0 unspecified atom stereocenters. The second kappa shape index (κ2) is 6.56. The van der Waals surface area contributed by atoms with E-state index in [4.69, 9.17) is 24.2 Å². The van der Waals surface area contributed by atoms with E-state index in [9.17, 15) is 0 Å². The molecule has 142 valence electrons. The fourth-order valence-corrected chi connectivity index (χ4v) is 2.76. The van der Waals surface area contributed by atoms with Crippen LogP contribution in [0.5, 0.6) is 5.75 Å². The number of nitrogens with zero attached hydrogens (tertiary/aromatic N) is 3. The molecule has 3 rings (SSSR count). The summed E-state index contributed by atoms with van der Waals surface area (Å²) >= 11 is 0. The fraction of sp³-hybridized carbons (Fsp3) is 0.650. The lowest BCUT2D eigenvalue weighted by Crippen LogP contribution is -2.25. The summed E-state index contributed by atoms with van der Waals surface area (Å²) < 4.78 is 17.1. The van der Waals surface area contributed by atoms with Crippen LogP contribution in [0.25, 0.3) is 0 Å².